The van der Waals surface area contributed by atoms with Gasteiger partial charge in [-0.2, -0.15) is 0 Å². The molecule has 0 radical (unpaired) electrons. The van der Waals surface area contributed by atoms with Gasteiger partial charge in [0.15, 0.2) is 6.10 Å². The Balaban J connectivity index is 2.07. The van der Waals surface area contributed by atoms with Gasteiger partial charge in [0.1, 0.15) is 5.75 Å². The number of benzene rings is 2. The molecule has 1 unspecified atom stereocenters. The van der Waals surface area contributed by atoms with E-state index in [-0.39, 0.29) is 16.3 Å². The highest BCUT2D eigenvalue weighted by molar-refractivity contribution is 7.92. The Kier molecular flexibility index (Phi) is 7.10. The molecule has 156 valence electrons. The molecule has 1 atom stereocenters. The minimum atomic E-state index is -3.37. The van der Waals surface area contributed by atoms with Crippen molar-refractivity contribution in [3.05, 3.63) is 53.1 Å². The van der Waals surface area contributed by atoms with Crippen LogP contribution in [0.4, 0.5) is 11.4 Å². The summed E-state index contributed by atoms with van der Waals surface area (Å²) >= 11 is 6.08. The third-order valence-corrected chi connectivity index (χ3v) is 5.56. The fourth-order valence-electron chi connectivity index (χ4n) is 2.28. The Hall–Kier alpha value is -2.78. The quantitative estimate of drug-likeness (QED) is 0.664. The van der Waals surface area contributed by atoms with Crippen LogP contribution >= 0.6 is 11.6 Å². The molecule has 0 aliphatic heterocycles. The van der Waals surface area contributed by atoms with E-state index in [0.717, 1.165) is 10.6 Å². The number of esters is 1. The van der Waals surface area contributed by atoms with Crippen LogP contribution in [0.1, 0.15) is 17.3 Å². The standard InChI is InChI=1S/C19H21ClN2O6S/c1-12(28-15-8-6-14(7-9-15)22(2)29(4,25)26)18(23)21-17-11-13(19(24)27-3)5-10-16(17)20/h5-12H,1-4H3,(H,21,23). The second-order valence-electron chi connectivity index (χ2n) is 6.16. The number of ether oxygens (including phenoxy) is 2. The maximum atomic E-state index is 12.4. The Morgan fingerprint density at radius 2 is 1.76 bits per heavy atom. The van der Waals surface area contributed by atoms with Gasteiger partial charge in [-0.05, 0) is 49.4 Å². The molecule has 1 N–H and O–H groups in total. The third kappa shape index (κ3) is 5.85. The topological polar surface area (TPSA) is 102 Å². The molecule has 10 heteroatoms. The number of amides is 1. The van der Waals surface area contributed by atoms with E-state index in [4.69, 9.17) is 16.3 Å². The molecule has 2 aromatic carbocycles. The molecule has 0 aromatic heterocycles. The van der Waals surface area contributed by atoms with E-state index >= 15 is 0 Å². The number of rotatable bonds is 7. The Labute approximate surface area is 174 Å². The van der Waals surface area contributed by atoms with Crippen LogP contribution in [0.15, 0.2) is 42.5 Å². The molecule has 29 heavy (non-hydrogen) atoms. The monoisotopic (exact) mass is 440 g/mol. The maximum absolute atomic E-state index is 12.4. The van der Waals surface area contributed by atoms with E-state index in [9.17, 15) is 18.0 Å². The van der Waals surface area contributed by atoms with Gasteiger partial charge in [0.25, 0.3) is 5.91 Å². The summed E-state index contributed by atoms with van der Waals surface area (Å²) in [6, 6.07) is 10.6. The van der Waals surface area contributed by atoms with Gasteiger partial charge in [-0.3, -0.25) is 9.10 Å². The Bertz CT molecular complexity index is 1010. The van der Waals surface area contributed by atoms with Gasteiger partial charge in [0, 0.05) is 7.05 Å². The SMILES string of the molecule is COC(=O)c1ccc(Cl)c(NC(=O)C(C)Oc2ccc(N(C)S(C)(=O)=O)cc2)c1. The summed E-state index contributed by atoms with van der Waals surface area (Å²) in [6.07, 6.45) is 0.218. The van der Waals surface area contributed by atoms with Crippen molar-refractivity contribution in [2.75, 3.05) is 30.0 Å². The van der Waals surface area contributed by atoms with E-state index in [2.05, 4.69) is 10.1 Å². The lowest BCUT2D eigenvalue weighted by Crippen LogP contribution is -2.30. The second-order valence-corrected chi connectivity index (χ2v) is 8.58. The van der Waals surface area contributed by atoms with Crippen molar-refractivity contribution in [3.63, 3.8) is 0 Å². The first-order valence-electron chi connectivity index (χ1n) is 8.42. The molecular formula is C19H21ClN2O6S. The van der Waals surface area contributed by atoms with Crippen LogP contribution in [0, 0.1) is 0 Å². The first kappa shape index (κ1) is 22.5. The third-order valence-electron chi connectivity index (χ3n) is 4.03. The molecule has 1 amide bonds. The van der Waals surface area contributed by atoms with Crippen LogP contribution in [0.25, 0.3) is 0 Å². The molecule has 0 aliphatic carbocycles. The smallest absolute Gasteiger partial charge is 0.337 e. The van der Waals surface area contributed by atoms with Crippen LogP contribution in [0.3, 0.4) is 0 Å². The van der Waals surface area contributed by atoms with Gasteiger partial charge in [-0.1, -0.05) is 11.6 Å². The summed E-state index contributed by atoms with van der Waals surface area (Å²) in [6.45, 7) is 1.55. The van der Waals surface area contributed by atoms with Crippen LogP contribution in [-0.4, -0.2) is 46.8 Å². The van der Waals surface area contributed by atoms with Gasteiger partial charge in [0.05, 0.1) is 35.3 Å². The van der Waals surface area contributed by atoms with E-state index in [1.807, 2.05) is 0 Å². The summed E-state index contributed by atoms with van der Waals surface area (Å²) in [5.41, 5.74) is 0.954. The molecule has 0 saturated carbocycles. The number of carbonyl (C=O) groups is 2. The number of sulfonamides is 1. The van der Waals surface area contributed by atoms with Crippen LogP contribution in [0.5, 0.6) is 5.75 Å². The first-order chi connectivity index (χ1) is 13.5. The molecule has 0 spiro atoms. The summed E-state index contributed by atoms with van der Waals surface area (Å²) in [4.78, 5) is 24.1. The minimum absolute atomic E-state index is 0.242. The number of anilines is 2. The van der Waals surface area contributed by atoms with E-state index in [1.54, 1.807) is 31.2 Å². The highest BCUT2D eigenvalue weighted by atomic mass is 35.5. The zero-order chi connectivity index (χ0) is 21.8. The van der Waals surface area contributed by atoms with Gasteiger partial charge in [-0.25, -0.2) is 13.2 Å². The fraction of sp³-hybridized carbons (Fsp3) is 0.263. The van der Waals surface area contributed by atoms with Crippen molar-refractivity contribution in [1.82, 2.24) is 0 Å². The van der Waals surface area contributed by atoms with Crippen molar-refractivity contribution in [1.29, 1.82) is 0 Å². The summed E-state index contributed by atoms with van der Waals surface area (Å²) in [5.74, 6) is -0.653. The highest BCUT2D eigenvalue weighted by Crippen LogP contribution is 2.25. The Morgan fingerprint density at radius 1 is 1.14 bits per heavy atom. The van der Waals surface area contributed by atoms with Crippen LogP contribution in [0.2, 0.25) is 5.02 Å². The normalized spacial score (nSPS) is 12.0. The molecule has 2 rings (SSSR count). The summed E-state index contributed by atoms with van der Waals surface area (Å²) in [7, 11) is -0.681. The molecule has 0 fully saturated rings. The molecule has 0 saturated heterocycles. The number of nitrogens with one attached hydrogen (secondary N) is 1. The summed E-state index contributed by atoms with van der Waals surface area (Å²) in [5, 5.41) is 2.86. The molecule has 2 aromatic rings. The molecule has 0 aliphatic rings. The first-order valence-corrected chi connectivity index (χ1v) is 10.6. The molecular weight excluding hydrogens is 420 g/mol. The lowest BCUT2D eigenvalue weighted by atomic mass is 10.2. The minimum Gasteiger partial charge on any atom is -0.481 e. The van der Waals surface area contributed by atoms with Crippen molar-refractivity contribution in [2.45, 2.75) is 13.0 Å². The van der Waals surface area contributed by atoms with E-state index in [1.165, 1.54) is 32.4 Å². The number of nitrogens with zero attached hydrogens (tertiary/aromatic N) is 1. The van der Waals surface area contributed by atoms with Crippen molar-refractivity contribution in [3.8, 4) is 5.75 Å². The van der Waals surface area contributed by atoms with Crippen molar-refractivity contribution < 1.29 is 27.5 Å². The highest BCUT2D eigenvalue weighted by Gasteiger charge is 2.18. The van der Waals surface area contributed by atoms with Crippen molar-refractivity contribution >= 4 is 44.9 Å². The predicted octanol–water partition coefficient (Wildman–Crippen LogP) is 2.93. The second kappa shape index (κ2) is 9.15. The van der Waals surface area contributed by atoms with E-state index < -0.39 is 28.0 Å². The molecule has 0 bridgehead atoms. The van der Waals surface area contributed by atoms with Crippen LogP contribution in [-0.2, 0) is 19.6 Å². The largest absolute Gasteiger partial charge is 0.481 e. The van der Waals surface area contributed by atoms with Gasteiger partial charge >= 0.3 is 5.97 Å². The zero-order valence-electron chi connectivity index (χ0n) is 16.3. The average molecular weight is 441 g/mol. The van der Waals surface area contributed by atoms with Gasteiger partial charge in [-0.15, -0.1) is 0 Å². The van der Waals surface area contributed by atoms with Gasteiger partial charge < -0.3 is 14.8 Å². The number of carbonyl (C=O) groups excluding carboxylic acids is 2. The molecule has 0 heterocycles. The number of methoxy groups -OCH3 is 1. The fourth-order valence-corrected chi connectivity index (χ4v) is 2.95. The van der Waals surface area contributed by atoms with Crippen molar-refractivity contribution in [2.24, 2.45) is 0 Å². The predicted molar refractivity (Wildman–Crippen MR) is 111 cm³/mol. The molecule has 8 nitrogen and oxygen atoms in total. The maximum Gasteiger partial charge on any atom is 0.337 e. The number of hydrogen-bond acceptors (Lipinski definition) is 6. The Morgan fingerprint density at radius 3 is 2.31 bits per heavy atom. The van der Waals surface area contributed by atoms with Crippen LogP contribution < -0.4 is 14.4 Å². The average Bonchev–Trinajstić information content (AvgIpc) is 2.68. The zero-order valence-corrected chi connectivity index (χ0v) is 17.9. The summed E-state index contributed by atoms with van der Waals surface area (Å²) < 4.78 is 34.5. The van der Waals surface area contributed by atoms with E-state index in [0.29, 0.717) is 11.4 Å². The lowest BCUT2D eigenvalue weighted by molar-refractivity contribution is -0.122. The number of hydrogen-bond donors (Lipinski definition) is 1. The number of halogens is 1. The lowest BCUT2D eigenvalue weighted by Gasteiger charge is -2.18. The van der Waals surface area contributed by atoms with Gasteiger partial charge in [0.2, 0.25) is 10.0 Å².